The van der Waals surface area contributed by atoms with E-state index in [9.17, 15) is 9.59 Å². The second kappa shape index (κ2) is 4.04. The van der Waals surface area contributed by atoms with Gasteiger partial charge in [-0.1, -0.05) is 25.5 Å². The topological polar surface area (TPSA) is 43.4 Å². The molecular weight excluding hydrogens is 156 g/mol. The highest BCUT2D eigenvalue weighted by Crippen LogP contribution is 2.17. The summed E-state index contributed by atoms with van der Waals surface area (Å²) < 4.78 is 4.38. The molecule has 1 fully saturated rings. The van der Waals surface area contributed by atoms with Crippen LogP contribution < -0.4 is 0 Å². The Bertz CT molecular complexity index is 218. The van der Waals surface area contributed by atoms with Crippen molar-refractivity contribution < 1.29 is 14.3 Å². The summed E-state index contributed by atoms with van der Waals surface area (Å²) in [5.74, 6) is -1.15. The van der Waals surface area contributed by atoms with Crippen molar-refractivity contribution in [3.05, 3.63) is 12.2 Å². The van der Waals surface area contributed by atoms with Gasteiger partial charge in [0.05, 0.1) is 12.3 Å². The van der Waals surface area contributed by atoms with Crippen LogP contribution in [-0.4, -0.2) is 11.9 Å². The van der Waals surface area contributed by atoms with Crippen molar-refractivity contribution in [1.29, 1.82) is 0 Å². The van der Waals surface area contributed by atoms with Gasteiger partial charge in [-0.15, -0.1) is 0 Å². The number of unbranched alkanes of at least 4 members (excludes halogenated alkanes) is 1. The summed E-state index contributed by atoms with van der Waals surface area (Å²) >= 11 is 0. The van der Waals surface area contributed by atoms with Crippen LogP contribution in [0.4, 0.5) is 0 Å². The maximum Gasteiger partial charge on any atom is 0.321 e. The minimum atomic E-state index is -0.411. The minimum Gasteiger partial charge on any atom is -0.393 e. The molecule has 1 aliphatic rings. The zero-order valence-corrected chi connectivity index (χ0v) is 7.08. The third-order valence-electron chi connectivity index (χ3n) is 1.73. The van der Waals surface area contributed by atoms with E-state index in [4.69, 9.17) is 0 Å². The fourth-order valence-electron chi connectivity index (χ4n) is 1.07. The van der Waals surface area contributed by atoms with E-state index >= 15 is 0 Å². The lowest BCUT2D eigenvalue weighted by Crippen LogP contribution is -2.03. The quantitative estimate of drug-likeness (QED) is 0.364. The number of allylic oxidation sites excluding steroid dienone is 1. The van der Waals surface area contributed by atoms with Crippen LogP contribution in [-0.2, 0) is 14.3 Å². The summed E-state index contributed by atoms with van der Waals surface area (Å²) in [6, 6.07) is 0. The average molecular weight is 168 g/mol. The Morgan fingerprint density at radius 1 is 1.58 bits per heavy atom. The van der Waals surface area contributed by atoms with E-state index in [-0.39, 0.29) is 12.3 Å². The summed E-state index contributed by atoms with van der Waals surface area (Å²) in [5, 5.41) is 0. The number of ether oxygens (including phenoxy) is 1. The van der Waals surface area contributed by atoms with Crippen LogP contribution in [0.15, 0.2) is 12.2 Å². The highest BCUT2D eigenvalue weighted by molar-refractivity contribution is 5.95. The number of cyclic esters (lactones) is 2. The molecule has 1 aliphatic heterocycles. The van der Waals surface area contributed by atoms with Crippen LogP contribution >= 0.6 is 0 Å². The second-order valence-electron chi connectivity index (χ2n) is 2.82. The van der Waals surface area contributed by atoms with Gasteiger partial charge in [-0.05, 0) is 6.42 Å². The molecule has 0 N–H and O–H groups in total. The molecule has 1 unspecified atom stereocenters. The molecule has 0 radical (unpaired) electrons. The summed E-state index contributed by atoms with van der Waals surface area (Å²) in [7, 11) is 0. The van der Waals surface area contributed by atoms with Crippen LogP contribution in [0.5, 0.6) is 0 Å². The normalized spacial score (nSPS) is 23.6. The van der Waals surface area contributed by atoms with E-state index in [0.29, 0.717) is 0 Å². The molecule has 0 saturated carbocycles. The Labute approximate surface area is 71.4 Å². The largest absolute Gasteiger partial charge is 0.393 e. The third kappa shape index (κ3) is 2.19. The van der Waals surface area contributed by atoms with Gasteiger partial charge in [0.2, 0.25) is 0 Å². The molecule has 3 nitrogen and oxygen atoms in total. The molecule has 0 bridgehead atoms. The average Bonchev–Trinajstić information content (AvgIpc) is 2.31. The lowest BCUT2D eigenvalue weighted by molar-refractivity contribution is -0.152. The first kappa shape index (κ1) is 8.97. The van der Waals surface area contributed by atoms with E-state index in [0.717, 1.165) is 12.8 Å². The van der Waals surface area contributed by atoms with E-state index in [1.165, 1.54) is 0 Å². The van der Waals surface area contributed by atoms with Gasteiger partial charge in [0.1, 0.15) is 0 Å². The molecule has 0 amide bonds. The van der Waals surface area contributed by atoms with Gasteiger partial charge in [-0.2, -0.15) is 0 Å². The Morgan fingerprint density at radius 3 is 2.83 bits per heavy atom. The predicted octanol–water partition coefficient (Wildman–Crippen LogP) is 1.43. The van der Waals surface area contributed by atoms with Crippen molar-refractivity contribution in [2.24, 2.45) is 5.92 Å². The fraction of sp³-hybridized carbons (Fsp3) is 0.556. The van der Waals surface area contributed by atoms with Gasteiger partial charge in [0.25, 0.3) is 0 Å². The number of esters is 2. The summed E-state index contributed by atoms with van der Waals surface area (Å²) in [6.45, 7) is 2.06. The highest BCUT2D eigenvalue weighted by atomic mass is 16.6. The molecule has 0 aliphatic carbocycles. The number of carbonyl (C=O) groups excluding carboxylic acids is 2. The molecule has 66 valence electrons. The molecule has 1 heterocycles. The molecule has 0 aromatic carbocycles. The Kier molecular flexibility index (Phi) is 3.02. The number of hydrogen-bond acceptors (Lipinski definition) is 3. The van der Waals surface area contributed by atoms with Crippen molar-refractivity contribution in [2.45, 2.75) is 26.2 Å². The second-order valence-corrected chi connectivity index (χ2v) is 2.82. The van der Waals surface area contributed by atoms with E-state index in [2.05, 4.69) is 11.7 Å². The zero-order chi connectivity index (χ0) is 8.97. The standard InChI is InChI=1S/C9H12O3/c1-2-3-4-5-7-6-8(10)12-9(7)11/h4-5,7H,2-3,6H2,1H3/b5-4+. The van der Waals surface area contributed by atoms with Crippen molar-refractivity contribution >= 4 is 11.9 Å². The summed E-state index contributed by atoms with van der Waals surface area (Å²) in [4.78, 5) is 21.5. The van der Waals surface area contributed by atoms with Gasteiger partial charge in [0, 0.05) is 0 Å². The van der Waals surface area contributed by atoms with Crippen LogP contribution in [0.2, 0.25) is 0 Å². The number of hydrogen-bond donors (Lipinski definition) is 0. The Morgan fingerprint density at radius 2 is 2.33 bits per heavy atom. The van der Waals surface area contributed by atoms with Crippen LogP contribution in [0.3, 0.4) is 0 Å². The van der Waals surface area contributed by atoms with Gasteiger partial charge in [-0.25, -0.2) is 0 Å². The van der Waals surface area contributed by atoms with Crippen molar-refractivity contribution in [3.8, 4) is 0 Å². The van der Waals surface area contributed by atoms with Crippen LogP contribution in [0.25, 0.3) is 0 Å². The fourth-order valence-corrected chi connectivity index (χ4v) is 1.07. The van der Waals surface area contributed by atoms with Gasteiger partial charge in [-0.3, -0.25) is 9.59 Å². The number of carbonyl (C=O) groups is 2. The Balaban J connectivity index is 2.42. The first-order valence-electron chi connectivity index (χ1n) is 4.15. The summed E-state index contributed by atoms with van der Waals surface area (Å²) in [5.41, 5.74) is 0. The van der Waals surface area contributed by atoms with E-state index < -0.39 is 11.9 Å². The van der Waals surface area contributed by atoms with Crippen molar-refractivity contribution in [2.75, 3.05) is 0 Å². The molecular formula is C9H12O3. The predicted molar refractivity (Wildman–Crippen MR) is 43.3 cm³/mol. The van der Waals surface area contributed by atoms with Crippen molar-refractivity contribution in [3.63, 3.8) is 0 Å². The molecule has 1 saturated heterocycles. The molecule has 1 atom stereocenters. The van der Waals surface area contributed by atoms with E-state index in [1.807, 2.05) is 6.08 Å². The molecule has 0 aromatic rings. The zero-order valence-electron chi connectivity index (χ0n) is 7.08. The third-order valence-corrected chi connectivity index (χ3v) is 1.73. The smallest absolute Gasteiger partial charge is 0.321 e. The molecule has 12 heavy (non-hydrogen) atoms. The molecule has 0 aromatic heterocycles. The van der Waals surface area contributed by atoms with E-state index in [1.54, 1.807) is 6.08 Å². The summed E-state index contributed by atoms with van der Waals surface area (Å²) in [6.07, 6.45) is 5.88. The monoisotopic (exact) mass is 168 g/mol. The molecule has 0 spiro atoms. The van der Waals surface area contributed by atoms with Gasteiger partial charge < -0.3 is 4.74 Å². The number of rotatable bonds is 3. The van der Waals surface area contributed by atoms with Gasteiger partial charge >= 0.3 is 11.9 Å². The lowest BCUT2D eigenvalue weighted by atomic mass is 10.1. The van der Waals surface area contributed by atoms with Crippen molar-refractivity contribution in [1.82, 2.24) is 0 Å². The maximum atomic E-state index is 10.9. The molecule has 3 heteroatoms. The maximum absolute atomic E-state index is 10.9. The highest BCUT2D eigenvalue weighted by Gasteiger charge is 2.30. The first-order chi connectivity index (χ1) is 5.74. The SMILES string of the molecule is CCC/C=C/C1CC(=O)OC1=O. The molecule has 1 rings (SSSR count). The minimum absolute atomic E-state index is 0.207. The lowest BCUT2D eigenvalue weighted by Gasteiger charge is -1.93. The van der Waals surface area contributed by atoms with Crippen LogP contribution in [0.1, 0.15) is 26.2 Å². The van der Waals surface area contributed by atoms with Crippen LogP contribution in [0, 0.1) is 5.92 Å². The Hall–Kier alpha value is -1.12. The van der Waals surface area contributed by atoms with Gasteiger partial charge in [0.15, 0.2) is 0 Å². The first-order valence-corrected chi connectivity index (χ1v) is 4.15.